The van der Waals surface area contributed by atoms with Gasteiger partial charge >= 0.3 is 17.1 Å². The van der Waals surface area contributed by atoms with Gasteiger partial charge in [0.15, 0.2) is 0 Å². The molecule has 0 aliphatic carbocycles. The molecule has 4 N–H and O–H groups in total. The van der Waals surface area contributed by atoms with Gasteiger partial charge in [0.25, 0.3) is 0 Å². The Labute approximate surface area is 42.4 Å². The second-order valence-electron chi connectivity index (χ2n) is 0.577. The molecule has 0 saturated heterocycles. The molecule has 0 atom stereocenters. The molecular formula is C2H8CuN2+2. The Bertz CT molecular complexity index is 9.61. The Morgan fingerprint density at radius 1 is 1.00 bits per heavy atom. The van der Waals surface area contributed by atoms with Crippen LogP contribution in [0.15, 0.2) is 0 Å². The molecule has 1 radical (unpaired) electrons. The van der Waals surface area contributed by atoms with Gasteiger partial charge in [-0.3, -0.25) is 0 Å². The van der Waals surface area contributed by atoms with Gasteiger partial charge in [-0.25, -0.2) is 0 Å². The van der Waals surface area contributed by atoms with Gasteiger partial charge in [0.2, 0.25) is 0 Å². The van der Waals surface area contributed by atoms with Crippen LogP contribution in [0.5, 0.6) is 0 Å². The molecule has 3 heteroatoms. The van der Waals surface area contributed by atoms with Crippen molar-refractivity contribution in [2.24, 2.45) is 11.5 Å². The molecule has 0 amide bonds. The SMILES string of the molecule is NCCN.[Cu+2]. The zero-order valence-electron chi connectivity index (χ0n) is 2.87. The standard InChI is InChI=1S/C2H8N2.Cu/c3-1-2-4;/h1-4H2;/q;+2. The summed E-state index contributed by atoms with van der Waals surface area (Å²) in [5.74, 6) is 0. The molecule has 0 bridgehead atoms. The fourth-order valence-electron chi connectivity index (χ4n) is 0. The van der Waals surface area contributed by atoms with Crippen LogP contribution in [0.3, 0.4) is 0 Å². The molecular weight excluding hydrogens is 116 g/mol. The summed E-state index contributed by atoms with van der Waals surface area (Å²) in [6, 6.07) is 0. The Morgan fingerprint density at radius 3 is 1.20 bits per heavy atom. The quantitative estimate of drug-likeness (QED) is 0.435. The first-order chi connectivity index (χ1) is 1.91. The maximum absolute atomic E-state index is 4.90. The summed E-state index contributed by atoms with van der Waals surface area (Å²) in [6.07, 6.45) is 0. The van der Waals surface area contributed by atoms with Crippen LogP contribution >= 0.6 is 0 Å². The first kappa shape index (κ1) is 9.06. The van der Waals surface area contributed by atoms with Crippen LogP contribution in [0.25, 0.3) is 0 Å². The summed E-state index contributed by atoms with van der Waals surface area (Å²) in [5.41, 5.74) is 9.81. The zero-order valence-corrected chi connectivity index (χ0v) is 3.81. The molecule has 35 valence electrons. The fourth-order valence-corrected chi connectivity index (χ4v) is 0. The van der Waals surface area contributed by atoms with Gasteiger partial charge in [-0.05, 0) is 0 Å². The van der Waals surface area contributed by atoms with Crippen molar-refractivity contribution in [3.05, 3.63) is 0 Å². The number of rotatable bonds is 1. The third kappa shape index (κ3) is 12.8. The van der Waals surface area contributed by atoms with Gasteiger partial charge in [0.1, 0.15) is 0 Å². The van der Waals surface area contributed by atoms with E-state index < -0.39 is 0 Å². The Kier molecular flexibility index (Phi) is 16.0. The molecule has 0 saturated carbocycles. The van der Waals surface area contributed by atoms with Crippen LogP contribution in [0.4, 0.5) is 0 Å². The number of nitrogens with two attached hydrogens (primary N) is 2. The fraction of sp³-hybridized carbons (Fsp3) is 1.00. The minimum atomic E-state index is 0. The third-order valence-corrected chi connectivity index (χ3v) is 0.167. The Hall–Kier alpha value is 0.439. The van der Waals surface area contributed by atoms with E-state index >= 15 is 0 Å². The smallest absolute Gasteiger partial charge is 0.329 e. The van der Waals surface area contributed by atoms with Gasteiger partial charge in [-0.15, -0.1) is 0 Å². The predicted octanol–water partition coefficient (Wildman–Crippen LogP) is -1.10. The van der Waals surface area contributed by atoms with Crippen LogP contribution in [0.1, 0.15) is 0 Å². The molecule has 0 fully saturated rings. The molecule has 0 rings (SSSR count). The summed E-state index contributed by atoms with van der Waals surface area (Å²) >= 11 is 0. The molecule has 0 aromatic rings. The molecule has 0 aliphatic heterocycles. The van der Waals surface area contributed by atoms with Crippen LogP contribution < -0.4 is 11.5 Å². The molecule has 0 heterocycles. The van der Waals surface area contributed by atoms with E-state index in [2.05, 4.69) is 0 Å². The van der Waals surface area contributed by atoms with E-state index in [4.69, 9.17) is 11.5 Å². The Morgan fingerprint density at radius 2 is 1.20 bits per heavy atom. The maximum Gasteiger partial charge on any atom is 2.00 e. The molecule has 5 heavy (non-hydrogen) atoms. The maximum atomic E-state index is 4.90. The topological polar surface area (TPSA) is 52.0 Å². The van der Waals surface area contributed by atoms with E-state index in [0.29, 0.717) is 13.1 Å². The molecule has 0 unspecified atom stereocenters. The zero-order chi connectivity index (χ0) is 3.41. The first-order valence-electron chi connectivity index (χ1n) is 1.32. The van der Waals surface area contributed by atoms with Crippen LogP contribution in [0, 0.1) is 0 Å². The summed E-state index contributed by atoms with van der Waals surface area (Å²) in [5, 5.41) is 0. The van der Waals surface area contributed by atoms with E-state index in [1.54, 1.807) is 0 Å². The van der Waals surface area contributed by atoms with E-state index in [1.165, 1.54) is 0 Å². The molecule has 2 nitrogen and oxygen atoms in total. The van der Waals surface area contributed by atoms with Crippen molar-refractivity contribution in [1.82, 2.24) is 0 Å². The summed E-state index contributed by atoms with van der Waals surface area (Å²) in [7, 11) is 0. The summed E-state index contributed by atoms with van der Waals surface area (Å²) in [4.78, 5) is 0. The Balaban J connectivity index is 0. The van der Waals surface area contributed by atoms with Gasteiger partial charge < -0.3 is 11.5 Å². The predicted molar refractivity (Wildman–Crippen MR) is 18.1 cm³/mol. The van der Waals surface area contributed by atoms with Gasteiger partial charge in [-0.1, -0.05) is 0 Å². The molecule has 0 aromatic carbocycles. The van der Waals surface area contributed by atoms with Crippen molar-refractivity contribution in [3.63, 3.8) is 0 Å². The van der Waals surface area contributed by atoms with Gasteiger partial charge in [0, 0.05) is 13.1 Å². The van der Waals surface area contributed by atoms with Crippen molar-refractivity contribution in [2.45, 2.75) is 0 Å². The third-order valence-electron chi connectivity index (χ3n) is 0.167. The first-order valence-corrected chi connectivity index (χ1v) is 1.32. The van der Waals surface area contributed by atoms with Gasteiger partial charge in [-0.2, -0.15) is 0 Å². The van der Waals surface area contributed by atoms with E-state index in [9.17, 15) is 0 Å². The summed E-state index contributed by atoms with van der Waals surface area (Å²) < 4.78 is 0. The minimum absolute atomic E-state index is 0. The van der Waals surface area contributed by atoms with Crippen molar-refractivity contribution in [3.8, 4) is 0 Å². The largest absolute Gasteiger partial charge is 2.00 e. The van der Waals surface area contributed by atoms with Crippen molar-refractivity contribution in [1.29, 1.82) is 0 Å². The summed E-state index contributed by atoms with van der Waals surface area (Å²) in [6.45, 7) is 1.19. The molecule has 0 spiro atoms. The van der Waals surface area contributed by atoms with E-state index in [1.807, 2.05) is 0 Å². The van der Waals surface area contributed by atoms with Crippen molar-refractivity contribution >= 4 is 0 Å². The van der Waals surface area contributed by atoms with E-state index in [-0.39, 0.29) is 17.1 Å². The number of hydrogen-bond donors (Lipinski definition) is 2. The van der Waals surface area contributed by atoms with Crippen LogP contribution in [0.2, 0.25) is 0 Å². The van der Waals surface area contributed by atoms with Gasteiger partial charge in [0.05, 0.1) is 0 Å². The van der Waals surface area contributed by atoms with Crippen LogP contribution in [-0.4, -0.2) is 13.1 Å². The van der Waals surface area contributed by atoms with Crippen LogP contribution in [-0.2, 0) is 17.1 Å². The van der Waals surface area contributed by atoms with Crippen molar-refractivity contribution in [2.75, 3.05) is 13.1 Å². The monoisotopic (exact) mass is 123 g/mol. The normalized spacial score (nSPS) is 6.00. The minimum Gasteiger partial charge on any atom is -0.329 e. The average molecular weight is 124 g/mol. The second kappa shape index (κ2) is 8.83. The molecule has 0 aliphatic rings. The van der Waals surface area contributed by atoms with E-state index in [0.717, 1.165) is 0 Å². The number of hydrogen-bond acceptors (Lipinski definition) is 2. The van der Waals surface area contributed by atoms with Crippen molar-refractivity contribution < 1.29 is 17.1 Å². The molecule has 0 aromatic heterocycles. The second-order valence-corrected chi connectivity index (χ2v) is 0.577. The average Bonchev–Trinajstić information content (AvgIpc) is 1.37.